The molecule has 4 nitrogen and oxygen atoms in total. The fourth-order valence-corrected chi connectivity index (χ4v) is 5.46. The lowest BCUT2D eigenvalue weighted by molar-refractivity contribution is 0.122. The topological polar surface area (TPSA) is 47.9 Å². The van der Waals surface area contributed by atoms with Crippen LogP contribution in [-0.4, -0.2) is 41.8 Å². The maximum absolute atomic E-state index is 8.73. The molecule has 0 atom stereocenters. The Morgan fingerprint density at radius 1 is 0.444 bits per heavy atom. The van der Waals surface area contributed by atoms with Crippen molar-refractivity contribution in [2.24, 2.45) is 0 Å². The Morgan fingerprint density at radius 2 is 0.704 bits per heavy atom. The highest BCUT2D eigenvalue weighted by atomic mass is 28.4. The Balaban J connectivity index is 3.19. The summed E-state index contributed by atoms with van der Waals surface area (Å²) in [6, 6.07) is 0.930. The van der Waals surface area contributed by atoms with E-state index in [0.717, 1.165) is 18.9 Å². The molecule has 0 saturated carbocycles. The third kappa shape index (κ3) is 16.7. The van der Waals surface area contributed by atoms with Crippen molar-refractivity contribution in [2.45, 2.75) is 115 Å². The van der Waals surface area contributed by atoms with E-state index in [0.29, 0.717) is 6.61 Å². The summed E-state index contributed by atoms with van der Waals surface area (Å²) in [5, 5.41) is 8.73. The number of rotatable bonds is 22. The molecular weight excluding hydrogens is 356 g/mol. The van der Waals surface area contributed by atoms with Crippen molar-refractivity contribution in [3.8, 4) is 0 Å². The van der Waals surface area contributed by atoms with E-state index >= 15 is 0 Å². The molecule has 0 amide bonds. The van der Waals surface area contributed by atoms with Crippen LogP contribution in [0, 0.1) is 0 Å². The molecule has 0 aliphatic rings. The van der Waals surface area contributed by atoms with E-state index in [1.807, 2.05) is 0 Å². The lowest BCUT2D eigenvalue weighted by Gasteiger charge is -2.24. The summed E-state index contributed by atoms with van der Waals surface area (Å²) in [6.07, 6.45) is 22.6. The Kier molecular flexibility index (Phi) is 20.8. The minimum Gasteiger partial charge on any atom is -0.396 e. The third-order valence-electron chi connectivity index (χ3n) is 5.57. The molecule has 0 aromatic heterocycles. The van der Waals surface area contributed by atoms with Gasteiger partial charge in [-0.25, -0.2) is 0 Å². The molecule has 0 bridgehead atoms. The first-order valence-electron chi connectivity index (χ1n) is 11.5. The average molecular weight is 405 g/mol. The van der Waals surface area contributed by atoms with Crippen molar-refractivity contribution in [1.29, 1.82) is 0 Å². The lowest BCUT2D eigenvalue weighted by Crippen LogP contribution is -2.42. The van der Waals surface area contributed by atoms with E-state index in [9.17, 15) is 0 Å². The fourth-order valence-electron chi connectivity index (χ4n) is 3.66. The van der Waals surface area contributed by atoms with Gasteiger partial charge < -0.3 is 18.4 Å². The molecule has 164 valence electrons. The van der Waals surface area contributed by atoms with Crippen LogP contribution in [0.4, 0.5) is 0 Å². The van der Waals surface area contributed by atoms with Gasteiger partial charge in [0.2, 0.25) is 0 Å². The van der Waals surface area contributed by atoms with Crippen LogP contribution < -0.4 is 0 Å². The first-order valence-corrected chi connectivity index (χ1v) is 13.4. The van der Waals surface area contributed by atoms with Crippen molar-refractivity contribution in [2.75, 3.05) is 27.9 Å². The minimum atomic E-state index is -2.34. The van der Waals surface area contributed by atoms with Crippen molar-refractivity contribution in [3.63, 3.8) is 0 Å². The minimum absolute atomic E-state index is 0.360. The number of unbranched alkanes of at least 4 members (excludes halogenated alkanes) is 16. The summed E-state index contributed by atoms with van der Waals surface area (Å²) >= 11 is 0. The Morgan fingerprint density at radius 3 is 0.963 bits per heavy atom. The van der Waals surface area contributed by atoms with E-state index in [4.69, 9.17) is 18.4 Å². The average Bonchev–Trinajstić information content (AvgIpc) is 2.70. The summed E-state index contributed by atoms with van der Waals surface area (Å²) in [5.41, 5.74) is 0. The molecule has 0 unspecified atom stereocenters. The number of aliphatic hydroxyl groups is 1. The molecule has 0 heterocycles. The van der Waals surface area contributed by atoms with E-state index in [2.05, 4.69) is 0 Å². The highest BCUT2D eigenvalue weighted by Crippen LogP contribution is 2.19. The molecule has 0 aliphatic carbocycles. The summed E-state index contributed by atoms with van der Waals surface area (Å²) in [7, 11) is 2.75. The molecule has 0 saturated heterocycles. The van der Waals surface area contributed by atoms with Gasteiger partial charge in [0, 0.05) is 34.0 Å². The summed E-state index contributed by atoms with van der Waals surface area (Å²) in [5.74, 6) is 0. The van der Waals surface area contributed by atoms with Crippen LogP contribution in [0.5, 0.6) is 0 Å². The normalized spacial score (nSPS) is 12.0. The zero-order valence-electron chi connectivity index (χ0n) is 18.6. The zero-order chi connectivity index (χ0) is 20.1. The van der Waals surface area contributed by atoms with Crippen LogP contribution in [0.3, 0.4) is 0 Å². The van der Waals surface area contributed by atoms with Gasteiger partial charge in [-0.1, -0.05) is 96.3 Å². The van der Waals surface area contributed by atoms with Gasteiger partial charge in [-0.3, -0.25) is 0 Å². The Labute approximate surface area is 170 Å². The molecular formula is C22H48O4Si. The first kappa shape index (κ1) is 27.1. The van der Waals surface area contributed by atoms with E-state index in [1.54, 1.807) is 21.3 Å². The number of hydrogen-bond acceptors (Lipinski definition) is 4. The van der Waals surface area contributed by atoms with Crippen LogP contribution in [0.25, 0.3) is 0 Å². The van der Waals surface area contributed by atoms with Gasteiger partial charge in [-0.2, -0.15) is 0 Å². The van der Waals surface area contributed by atoms with Gasteiger partial charge >= 0.3 is 8.80 Å². The van der Waals surface area contributed by atoms with Gasteiger partial charge in [0.25, 0.3) is 0 Å². The second-order valence-electron chi connectivity index (χ2n) is 7.78. The summed E-state index contributed by atoms with van der Waals surface area (Å²) < 4.78 is 16.4. The fraction of sp³-hybridized carbons (Fsp3) is 1.00. The van der Waals surface area contributed by atoms with Crippen molar-refractivity contribution in [1.82, 2.24) is 0 Å². The molecule has 27 heavy (non-hydrogen) atoms. The van der Waals surface area contributed by atoms with Gasteiger partial charge in [-0.15, -0.1) is 0 Å². The van der Waals surface area contributed by atoms with Crippen LogP contribution in [0.15, 0.2) is 0 Å². The molecule has 0 radical (unpaired) electrons. The molecule has 0 aromatic carbocycles. The molecule has 1 N–H and O–H groups in total. The summed E-state index contributed by atoms with van der Waals surface area (Å²) in [4.78, 5) is 0. The highest BCUT2D eigenvalue weighted by molar-refractivity contribution is 6.60. The van der Waals surface area contributed by atoms with Crippen molar-refractivity contribution in [3.05, 3.63) is 0 Å². The van der Waals surface area contributed by atoms with Crippen LogP contribution in [0.2, 0.25) is 6.04 Å². The maximum Gasteiger partial charge on any atom is 0.500 e. The standard InChI is InChI=1S/C22H48O4Si/c1-24-27(25-2,26-3)22-20-18-16-14-12-10-8-6-4-5-7-9-11-13-15-17-19-21-23/h23H,4-22H2,1-3H3. The van der Waals surface area contributed by atoms with Gasteiger partial charge in [0.05, 0.1) is 0 Å². The molecule has 0 aromatic rings. The second kappa shape index (κ2) is 20.8. The first-order chi connectivity index (χ1) is 13.2. The lowest BCUT2D eigenvalue weighted by atomic mass is 10.0. The quantitative estimate of drug-likeness (QED) is 0.165. The van der Waals surface area contributed by atoms with E-state index in [1.165, 1.54) is 96.3 Å². The Hall–Kier alpha value is 0.0569. The van der Waals surface area contributed by atoms with Crippen LogP contribution in [0.1, 0.15) is 109 Å². The molecule has 0 spiro atoms. The second-order valence-corrected chi connectivity index (χ2v) is 10.9. The van der Waals surface area contributed by atoms with Crippen molar-refractivity contribution >= 4 is 8.80 Å². The Bertz CT molecular complexity index is 277. The predicted octanol–water partition coefficient (Wildman–Crippen LogP) is 6.49. The highest BCUT2D eigenvalue weighted by Gasteiger charge is 2.36. The smallest absolute Gasteiger partial charge is 0.396 e. The SMILES string of the molecule is CO[Si](CCCCCCCCCCCCCCCCCCCO)(OC)OC. The number of hydrogen-bond donors (Lipinski definition) is 1. The largest absolute Gasteiger partial charge is 0.500 e. The predicted molar refractivity (Wildman–Crippen MR) is 117 cm³/mol. The van der Waals surface area contributed by atoms with Gasteiger partial charge in [0.1, 0.15) is 0 Å². The maximum atomic E-state index is 8.73. The zero-order valence-corrected chi connectivity index (χ0v) is 19.6. The third-order valence-corrected chi connectivity index (χ3v) is 8.41. The van der Waals surface area contributed by atoms with E-state index in [-0.39, 0.29) is 0 Å². The molecule has 0 fully saturated rings. The van der Waals surface area contributed by atoms with Gasteiger partial charge in [0.15, 0.2) is 0 Å². The van der Waals surface area contributed by atoms with Crippen molar-refractivity contribution < 1.29 is 18.4 Å². The van der Waals surface area contributed by atoms with Gasteiger partial charge in [-0.05, 0) is 12.8 Å². The number of aliphatic hydroxyl groups excluding tert-OH is 1. The molecule has 0 aliphatic heterocycles. The van der Waals surface area contributed by atoms with Crippen LogP contribution in [-0.2, 0) is 13.3 Å². The summed E-state index contributed by atoms with van der Waals surface area (Å²) in [6.45, 7) is 0.360. The molecule has 5 heteroatoms. The monoisotopic (exact) mass is 404 g/mol. The van der Waals surface area contributed by atoms with E-state index < -0.39 is 8.80 Å². The van der Waals surface area contributed by atoms with Crippen LogP contribution >= 0.6 is 0 Å². The molecule has 0 rings (SSSR count).